The minimum absolute atomic E-state index is 0.405. The normalized spacial score (nSPS) is 16.8. The number of carboxylic acid groups (broad SMARTS) is 1. The van der Waals surface area contributed by atoms with Crippen molar-refractivity contribution in [2.24, 2.45) is 4.99 Å². The molecule has 0 spiro atoms. The number of benzene rings is 1. The molecule has 10 heteroatoms. The van der Waals surface area contributed by atoms with E-state index in [0.717, 1.165) is 5.13 Å². The van der Waals surface area contributed by atoms with E-state index in [9.17, 15) is 4.79 Å². The average molecular weight is 414 g/mol. The lowest BCUT2D eigenvalue weighted by Crippen LogP contribution is -2.53. The summed E-state index contributed by atoms with van der Waals surface area (Å²) in [7, 11) is 0. The Hall–Kier alpha value is -1.90. The fourth-order valence-electron chi connectivity index (χ4n) is 2.71. The molecular formula is C16H17Cl2N5O2S. The van der Waals surface area contributed by atoms with Crippen LogP contribution in [0.3, 0.4) is 0 Å². The molecule has 0 bridgehead atoms. The van der Waals surface area contributed by atoms with Crippen molar-refractivity contribution >= 4 is 57.1 Å². The first kappa shape index (κ1) is 18.9. The number of nitrogens with one attached hydrogen (secondary N) is 1. The molecule has 1 saturated heterocycles. The summed E-state index contributed by atoms with van der Waals surface area (Å²) >= 11 is 13.5. The first-order valence-electron chi connectivity index (χ1n) is 7.94. The van der Waals surface area contributed by atoms with E-state index in [1.54, 1.807) is 18.3 Å². The standard InChI is InChI=1S/C16H17Cl2N5O2S/c1-16(20-15(24)25)5-7-23(8-6-16)14-22-21-13(26-14)19-9-10-3-2-4-11(17)12(10)18/h2-4,9,20H,5-8H2,1H3,(H,24,25). The van der Waals surface area contributed by atoms with Gasteiger partial charge in [-0.2, -0.15) is 0 Å². The molecule has 2 heterocycles. The SMILES string of the molecule is CC1(NC(=O)O)CCN(c2nnc(N=Cc3cccc(Cl)c3Cl)s2)CC1. The second kappa shape index (κ2) is 7.77. The minimum Gasteiger partial charge on any atom is -0.465 e. The van der Waals surface area contributed by atoms with Gasteiger partial charge in [0.1, 0.15) is 0 Å². The second-order valence-corrected chi connectivity index (χ2v) is 7.97. The van der Waals surface area contributed by atoms with Gasteiger partial charge < -0.3 is 15.3 Å². The number of hydrogen-bond acceptors (Lipinski definition) is 6. The number of halogens is 2. The maximum atomic E-state index is 10.9. The van der Waals surface area contributed by atoms with Gasteiger partial charge in [0.25, 0.3) is 0 Å². The van der Waals surface area contributed by atoms with Crippen molar-refractivity contribution in [2.45, 2.75) is 25.3 Å². The van der Waals surface area contributed by atoms with Crippen molar-refractivity contribution in [3.63, 3.8) is 0 Å². The van der Waals surface area contributed by atoms with Gasteiger partial charge in [-0.1, -0.05) is 46.7 Å². The number of hydrogen-bond donors (Lipinski definition) is 2. The van der Waals surface area contributed by atoms with E-state index < -0.39 is 11.6 Å². The van der Waals surface area contributed by atoms with Crippen LogP contribution >= 0.6 is 34.5 Å². The van der Waals surface area contributed by atoms with Crippen LogP contribution < -0.4 is 10.2 Å². The fourth-order valence-corrected chi connectivity index (χ4v) is 3.81. The maximum absolute atomic E-state index is 10.9. The molecule has 0 saturated carbocycles. The first-order chi connectivity index (χ1) is 12.4. The molecule has 0 radical (unpaired) electrons. The van der Waals surface area contributed by atoms with Gasteiger partial charge in [-0.15, -0.1) is 10.2 Å². The highest BCUT2D eigenvalue weighted by Gasteiger charge is 2.32. The van der Waals surface area contributed by atoms with Crippen LogP contribution in [-0.2, 0) is 0 Å². The Kier molecular flexibility index (Phi) is 5.64. The predicted octanol–water partition coefficient (Wildman–Crippen LogP) is 4.22. The lowest BCUT2D eigenvalue weighted by molar-refractivity contribution is 0.173. The molecule has 0 atom stereocenters. The quantitative estimate of drug-likeness (QED) is 0.731. The summed E-state index contributed by atoms with van der Waals surface area (Å²) in [5.41, 5.74) is 0.307. The molecule has 2 N–H and O–H groups in total. The average Bonchev–Trinajstić information content (AvgIpc) is 3.05. The van der Waals surface area contributed by atoms with Crippen LogP contribution in [0.15, 0.2) is 23.2 Å². The molecule has 1 aliphatic rings. The molecule has 26 heavy (non-hydrogen) atoms. The number of anilines is 1. The summed E-state index contributed by atoms with van der Waals surface area (Å²) in [6, 6.07) is 5.34. The monoisotopic (exact) mass is 413 g/mol. The Morgan fingerprint density at radius 3 is 2.81 bits per heavy atom. The van der Waals surface area contributed by atoms with Gasteiger partial charge >= 0.3 is 6.09 Å². The lowest BCUT2D eigenvalue weighted by Gasteiger charge is -2.38. The Bertz CT molecular complexity index is 834. The molecule has 1 aromatic heterocycles. The highest BCUT2D eigenvalue weighted by molar-refractivity contribution is 7.18. The summed E-state index contributed by atoms with van der Waals surface area (Å²) < 4.78 is 0. The van der Waals surface area contributed by atoms with Gasteiger partial charge in [-0.3, -0.25) is 0 Å². The van der Waals surface area contributed by atoms with Crippen LogP contribution in [0.2, 0.25) is 10.0 Å². The van der Waals surface area contributed by atoms with E-state index in [1.807, 2.05) is 13.0 Å². The smallest absolute Gasteiger partial charge is 0.405 e. The van der Waals surface area contributed by atoms with Crippen LogP contribution in [-0.4, -0.2) is 46.2 Å². The third-order valence-corrected chi connectivity index (χ3v) is 5.97. The predicted molar refractivity (Wildman–Crippen MR) is 105 cm³/mol. The van der Waals surface area contributed by atoms with Gasteiger partial charge in [0.2, 0.25) is 10.3 Å². The van der Waals surface area contributed by atoms with Gasteiger partial charge in [-0.25, -0.2) is 9.79 Å². The molecule has 1 fully saturated rings. The maximum Gasteiger partial charge on any atom is 0.405 e. The number of amides is 1. The van der Waals surface area contributed by atoms with Crippen molar-refractivity contribution in [1.29, 1.82) is 0 Å². The molecule has 2 aromatic rings. The summed E-state index contributed by atoms with van der Waals surface area (Å²) in [4.78, 5) is 17.3. The molecule has 1 aromatic carbocycles. The van der Waals surface area contributed by atoms with Crippen LogP contribution in [0.4, 0.5) is 15.1 Å². The Balaban J connectivity index is 1.65. The number of aliphatic imine (C=N–C) groups is 1. The summed E-state index contributed by atoms with van der Waals surface area (Å²) in [5, 5.41) is 22.0. The van der Waals surface area contributed by atoms with Gasteiger partial charge in [0.05, 0.1) is 10.0 Å². The molecule has 0 aliphatic carbocycles. The van der Waals surface area contributed by atoms with Gasteiger partial charge in [0.15, 0.2) is 0 Å². The molecule has 1 amide bonds. The van der Waals surface area contributed by atoms with Crippen LogP contribution in [0, 0.1) is 0 Å². The number of nitrogens with zero attached hydrogens (tertiary/aromatic N) is 4. The third kappa shape index (κ3) is 4.44. The van der Waals surface area contributed by atoms with Crippen LogP contribution in [0.5, 0.6) is 0 Å². The number of piperidine rings is 1. The zero-order chi connectivity index (χ0) is 18.7. The summed E-state index contributed by atoms with van der Waals surface area (Å²) in [6.07, 6.45) is 2.03. The highest BCUT2D eigenvalue weighted by Crippen LogP contribution is 2.31. The number of carbonyl (C=O) groups is 1. The molecule has 138 valence electrons. The van der Waals surface area contributed by atoms with E-state index in [2.05, 4.69) is 25.4 Å². The molecule has 3 rings (SSSR count). The fraction of sp³-hybridized carbons (Fsp3) is 0.375. The zero-order valence-corrected chi connectivity index (χ0v) is 16.3. The van der Waals surface area contributed by atoms with Crippen LogP contribution in [0.1, 0.15) is 25.3 Å². The zero-order valence-electron chi connectivity index (χ0n) is 13.9. The van der Waals surface area contributed by atoms with Crippen molar-refractivity contribution in [3.05, 3.63) is 33.8 Å². The minimum atomic E-state index is -0.992. The lowest BCUT2D eigenvalue weighted by atomic mass is 9.90. The largest absolute Gasteiger partial charge is 0.465 e. The van der Waals surface area contributed by atoms with E-state index in [4.69, 9.17) is 28.3 Å². The first-order valence-corrected chi connectivity index (χ1v) is 9.51. The van der Waals surface area contributed by atoms with Crippen molar-refractivity contribution in [1.82, 2.24) is 15.5 Å². The summed E-state index contributed by atoms with van der Waals surface area (Å²) in [6.45, 7) is 3.33. The van der Waals surface area contributed by atoms with Gasteiger partial charge in [0, 0.05) is 30.4 Å². The van der Waals surface area contributed by atoms with Crippen LogP contribution in [0.25, 0.3) is 0 Å². The van der Waals surface area contributed by atoms with E-state index >= 15 is 0 Å². The Labute approximate surface area is 164 Å². The Morgan fingerprint density at radius 2 is 2.12 bits per heavy atom. The van der Waals surface area contributed by atoms with E-state index in [1.165, 1.54) is 11.3 Å². The Morgan fingerprint density at radius 1 is 1.38 bits per heavy atom. The van der Waals surface area contributed by atoms with Crippen molar-refractivity contribution < 1.29 is 9.90 Å². The molecule has 1 aliphatic heterocycles. The number of rotatable bonds is 4. The second-order valence-electron chi connectivity index (χ2n) is 6.25. The molecular weight excluding hydrogens is 397 g/mol. The van der Waals surface area contributed by atoms with E-state index in [-0.39, 0.29) is 0 Å². The third-order valence-electron chi connectivity index (χ3n) is 4.25. The van der Waals surface area contributed by atoms with Gasteiger partial charge in [-0.05, 0) is 25.8 Å². The molecule has 7 nitrogen and oxygen atoms in total. The van der Waals surface area contributed by atoms with Crippen molar-refractivity contribution in [3.8, 4) is 0 Å². The number of aromatic nitrogens is 2. The van der Waals surface area contributed by atoms with Crippen molar-refractivity contribution in [2.75, 3.05) is 18.0 Å². The molecule has 0 unspecified atom stereocenters. The highest BCUT2D eigenvalue weighted by atomic mass is 35.5. The topological polar surface area (TPSA) is 90.7 Å². The van der Waals surface area contributed by atoms with E-state index in [0.29, 0.717) is 46.7 Å². The summed E-state index contributed by atoms with van der Waals surface area (Å²) in [5.74, 6) is 0.